The predicted octanol–water partition coefficient (Wildman–Crippen LogP) is 4.17. The van der Waals surface area contributed by atoms with E-state index in [1.165, 1.54) is 6.26 Å². The van der Waals surface area contributed by atoms with E-state index in [2.05, 4.69) is 20.4 Å². The number of hydrogen-bond acceptors (Lipinski definition) is 4. The number of rotatable bonds is 4. The summed E-state index contributed by atoms with van der Waals surface area (Å²) in [6.07, 6.45) is 7.06. The highest BCUT2D eigenvalue weighted by molar-refractivity contribution is 6.30. The molecular weight excluding hydrogens is 352 g/mol. The Bertz CT molecular complexity index is 883. The van der Waals surface area contributed by atoms with Gasteiger partial charge < -0.3 is 14.8 Å². The Labute approximate surface area is 156 Å². The molecule has 0 atom stereocenters. The normalized spacial score (nSPS) is 20.0. The third kappa shape index (κ3) is 3.65. The smallest absolute Gasteiger partial charge is 0.273 e. The topological polar surface area (TPSA) is 83.8 Å². The summed E-state index contributed by atoms with van der Waals surface area (Å²) in [4.78, 5) is 20.0. The zero-order valence-corrected chi connectivity index (χ0v) is 14.9. The second kappa shape index (κ2) is 7.33. The molecule has 6 nitrogen and oxygen atoms in total. The molecule has 1 aliphatic carbocycles. The van der Waals surface area contributed by atoms with E-state index in [-0.39, 0.29) is 11.9 Å². The molecule has 1 amide bonds. The summed E-state index contributed by atoms with van der Waals surface area (Å²) >= 11 is 6.07. The van der Waals surface area contributed by atoms with Gasteiger partial charge in [0.15, 0.2) is 5.69 Å². The zero-order chi connectivity index (χ0) is 17.9. The van der Waals surface area contributed by atoms with Crippen LogP contribution in [0.25, 0.3) is 11.3 Å². The molecule has 1 aromatic carbocycles. The van der Waals surface area contributed by atoms with Gasteiger partial charge in [0, 0.05) is 28.6 Å². The van der Waals surface area contributed by atoms with Crippen LogP contribution in [-0.4, -0.2) is 27.1 Å². The van der Waals surface area contributed by atoms with Crippen molar-refractivity contribution >= 4 is 17.5 Å². The summed E-state index contributed by atoms with van der Waals surface area (Å²) in [5.74, 6) is 1.20. The van der Waals surface area contributed by atoms with Crippen LogP contribution >= 0.6 is 11.6 Å². The van der Waals surface area contributed by atoms with Crippen molar-refractivity contribution in [2.45, 2.75) is 37.6 Å². The number of halogens is 1. The summed E-state index contributed by atoms with van der Waals surface area (Å²) in [6, 6.07) is 9.46. The SMILES string of the molecule is O=C(NC1CCC(c2ncc(-c3cccc(Cl)c3)[nH]2)CC1)c1ccon1. The van der Waals surface area contributed by atoms with E-state index in [1.807, 2.05) is 30.5 Å². The van der Waals surface area contributed by atoms with Gasteiger partial charge in [0.25, 0.3) is 5.91 Å². The number of aromatic nitrogens is 3. The monoisotopic (exact) mass is 370 g/mol. The van der Waals surface area contributed by atoms with Crippen molar-refractivity contribution in [3.63, 3.8) is 0 Å². The summed E-state index contributed by atoms with van der Waals surface area (Å²) in [6.45, 7) is 0. The Morgan fingerprint density at radius 1 is 1.23 bits per heavy atom. The minimum Gasteiger partial charge on any atom is -0.364 e. The molecule has 0 radical (unpaired) electrons. The largest absolute Gasteiger partial charge is 0.364 e. The molecule has 0 aliphatic heterocycles. The Balaban J connectivity index is 1.36. The number of amides is 1. The number of H-pyrrole nitrogens is 1. The molecule has 1 fully saturated rings. The van der Waals surface area contributed by atoms with Crippen LogP contribution in [0.5, 0.6) is 0 Å². The molecule has 134 valence electrons. The van der Waals surface area contributed by atoms with Crippen molar-refractivity contribution in [1.82, 2.24) is 20.4 Å². The zero-order valence-electron chi connectivity index (χ0n) is 14.1. The summed E-state index contributed by atoms with van der Waals surface area (Å²) < 4.78 is 4.71. The molecule has 1 saturated carbocycles. The number of carbonyl (C=O) groups is 1. The molecule has 0 bridgehead atoms. The number of carbonyl (C=O) groups excluding carboxylic acids is 1. The first-order chi connectivity index (χ1) is 12.7. The lowest BCUT2D eigenvalue weighted by Crippen LogP contribution is -2.37. The molecule has 4 rings (SSSR count). The summed E-state index contributed by atoms with van der Waals surface area (Å²) in [7, 11) is 0. The number of imidazole rings is 1. The molecule has 7 heteroatoms. The maximum atomic E-state index is 12.1. The highest BCUT2D eigenvalue weighted by Gasteiger charge is 2.26. The number of hydrogen-bond donors (Lipinski definition) is 2. The Hall–Kier alpha value is -2.60. The van der Waals surface area contributed by atoms with Crippen LogP contribution in [0.2, 0.25) is 5.02 Å². The number of benzene rings is 1. The maximum Gasteiger partial charge on any atom is 0.273 e. The summed E-state index contributed by atoms with van der Waals surface area (Å²) in [5.41, 5.74) is 2.33. The molecule has 2 aromatic heterocycles. The second-order valence-corrected chi connectivity index (χ2v) is 7.04. The third-order valence-corrected chi connectivity index (χ3v) is 5.09. The average molecular weight is 371 g/mol. The van der Waals surface area contributed by atoms with Crippen molar-refractivity contribution in [2.24, 2.45) is 0 Å². The summed E-state index contributed by atoms with van der Waals surface area (Å²) in [5, 5.41) is 7.40. The van der Waals surface area contributed by atoms with Crippen molar-refractivity contribution in [3.8, 4) is 11.3 Å². The predicted molar refractivity (Wildman–Crippen MR) is 98.0 cm³/mol. The van der Waals surface area contributed by atoms with Gasteiger partial charge in [-0.1, -0.05) is 28.9 Å². The Morgan fingerprint density at radius 3 is 2.81 bits per heavy atom. The van der Waals surface area contributed by atoms with Gasteiger partial charge in [-0.25, -0.2) is 4.98 Å². The Kier molecular flexibility index (Phi) is 4.75. The highest BCUT2D eigenvalue weighted by Crippen LogP contribution is 2.32. The van der Waals surface area contributed by atoms with Crippen LogP contribution in [0.1, 0.15) is 47.9 Å². The third-order valence-electron chi connectivity index (χ3n) is 4.85. The standard InChI is InChI=1S/C19H19ClN4O2/c20-14-3-1-2-13(10-14)17-11-21-18(23-17)12-4-6-15(7-5-12)22-19(25)16-8-9-26-24-16/h1-3,8-12,15H,4-7H2,(H,21,23)(H,22,25). The van der Waals surface area contributed by atoms with Crippen LogP contribution in [0.4, 0.5) is 0 Å². The first-order valence-corrected chi connectivity index (χ1v) is 9.09. The van der Waals surface area contributed by atoms with Gasteiger partial charge in [-0.3, -0.25) is 4.79 Å². The van der Waals surface area contributed by atoms with Crippen LogP contribution in [0, 0.1) is 0 Å². The minimum absolute atomic E-state index is 0.165. The molecule has 1 aliphatic rings. The fraction of sp³-hybridized carbons (Fsp3) is 0.316. The van der Waals surface area contributed by atoms with E-state index in [4.69, 9.17) is 16.1 Å². The van der Waals surface area contributed by atoms with E-state index in [1.54, 1.807) is 6.07 Å². The number of nitrogens with zero attached hydrogens (tertiary/aromatic N) is 2. The first kappa shape index (κ1) is 16.8. The fourth-order valence-electron chi connectivity index (χ4n) is 3.45. The van der Waals surface area contributed by atoms with Crippen molar-refractivity contribution in [1.29, 1.82) is 0 Å². The molecule has 0 unspecified atom stereocenters. The van der Waals surface area contributed by atoms with Crippen molar-refractivity contribution < 1.29 is 9.32 Å². The van der Waals surface area contributed by atoms with Gasteiger partial charge in [-0.15, -0.1) is 0 Å². The maximum absolute atomic E-state index is 12.1. The lowest BCUT2D eigenvalue weighted by Gasteiger charge is -2.27. The number of aromatic amines is 1. The molecule has 2 N–H and O–H groups in total. The quantitative estimate of drug-likeness (QED) is 0.721. The molecular formula is C19H19ClN4O2. The van der Waals surface area contributed by atoms with E-state index in [0.717, 1.165) is 42.8 Å². The van der Waals surface area contributed by atoms with Gasteiger partial charge >= 0.3 is 0 Å². The molecule has 0 saturated heterocycles. The molecule has 26 heavy (non-hydrogen) atoms. The first-order valence-electron chi connectivity index (χ1n) is 8.71. The average Bonchev–Trinajstić information content (AvgIpc) is 3.35. The van der Waals surface area contributed by atoms with Crippen LogP contribution in [0.3, 0.4) is 0 Å². The lowest BCUT2D eigenvalue weighted by atomic mass is 9.85. The van der Waals surface area contributed by atoms with E-state index < -0.39 is 0 Å². The van der Waals surface area contributed by atoms with Gasteiger partial charge in [-0.2, -0.15) is 0 Å². The second-order valence-electron chi connectivity index (χ2n) is 6.60. The van der Waals surface area contributed by atoms with Gasteiger partial charge in [0.1, 0.15) is 12.1 Å². The fourth-order valence-corrected chi connectivity index (χ4v) is 3.64. The van der Waals surface area contributed by atoms with E-state index in [9.17, 15) is 4.79 Å². The van der Waals surface area contributed by atoms with E-state index in [0.29, 0.717) is 16.6 Å². The molecule has 3 aromatic rings. The van der Waals surface area contributed by atoms with Crippen molar-refractivity contribution in [3.05, 3.63) is 59.3 Å². The van der Waals surface area contributed by atoms with E-state index >= 15 is 0 Å². The van der Waals surface area contributed by atoms with Crippen LogP contribution < -0.4 is 5.32 Å². The highest BCUT2D eigenvalue weighted by atomic mass is 35.5. The van der Waals surface area contributed by atoms with Crippen LogP contribution in [0.15, 0.2) is 47.3 Å². The van der Waals surface area contributed by atoms with Gasteiger partial charge in [0.05, 0.1) is 11.9 Å². The van der Waals surface area contributed by atoms with Crippen LogP contribution in [-0.2, 0) is 0 Å². The van der Waals surface area contributed by atoms with Crippen molar-refractivity contribution in [2.75, 3.05) is 0 Å². The lowest BCUT2D eigenvalue weighted by molar-refractivity contribution is 0.0916. The molecule has 2 heterocycles. The Morgan fingerprint density at radius 2 is 2.08 bits per heavy atom. The van der Waals surface area contributed by atoms with Gasteiger partial charge in [0.2, 0.25) is 0 Å². The van der Waals surface area contributed by atoms with Gasteiger partial charge in [-0.05, 0) is 37.8 Å². The minimum atomic E-state index is -0.177. The molecule has 0 spiro atoms. The number of nitrogens with one attached hydrogen (secondary N) is 2.